The molecule has 1 fully saturated rings. The molecule has 1 aromatic rings. The minimum Gasteiger partial charge on any atom is -0.317 e. The first-order chi connectivity index (χ1) is 8.22. The Morgan fingerprint density at radius 3 is 2.94 bits per heavy atom. The third kappa shape index (κ3) is 3.09. The van der Waals surface area contributed by atoms with Crippen LogP contribution >= 0.6 is 0 Å². The van der Waals surface area contributed by atoms with E-state index in [0.717, 1.165) is 18.4 Å². The lowest BCUT2D eigenvalue weighted by Crippen LogP contribution is -2.39. The van der Waals surface area contributed by atoms with E-state index in [0.29, 0.717) is 6.04 Å². The molecular weight excluding hydrogens is 210 g/mol. The van der Waals surface area contributed by atoms with Gasteiger partial charge in [0.15, 0.2) is 0 Å². The summed E-state index contributed by atoms with van der Waals surface area (Å²) < 4.78 is 2.02. The lowest BCUT2D eigenvalue weighted by atomic mass is 9.76. The van der Waals surface area contributed by atoms with Crippen LogP contribution in [0.25, 0.3) is 0 Å². The zero-order valence-corrected chi connectivity index (χ0v) is 11.3. The van der Waals surface area contributed by atoms with Gasteiger partial charge < -0.3 is 5.32 Å². The van der Waals surface area contributed by atoms with Gasteiger partial charge in [-0.05, 0) is 57.1 Å². The molecule has 1 aromatic heterocycles. The van der Waals surface area contributed by atoms with Gasteiger partial charge in [-0.1, -0.05) is 6.92 Å². The smallest absolute Gasteiger partial charge is 0.0521 e. The Morgan fingerprint density at radius 1 is 1.47 bits per heavy atom. The molecule has 0 amide bonds. The van der Waals surface area contributed by atoms with Gasteiger partial charge in [0, 0.05) is 18.8 Å². The highest BCUT2D eigenvalue weighted by molar-refractivity contribution is 5.06. The van der Waals surface area contributed by atoms with Crippen molar-refractivity contribution in [3.8, 4) is 0 Å². The molecule has 2 rings (SSSR count). The van der Waals surface area contributed by atoms with Crippen molar-refractivity contribution < 1.29 is 0 Å². The third-order valence-corrected chi connectivity index (χ3v) is 4.12. The van der Waals surface area contributed by atoms with Crippen LogP contribution in [0.5, 0.6) is 0 Å². The SMILES string of the molecule is CCn1cc(CC2CC(C)CCC2NC)cn1. The molecular formula is C14H25N3. The van der Waals surface area contributed by atoms with Crippen molar-refractivity contribution in [2.45, 2.75) is 52.1 Å². The first-order valence-corrected chi connectivity index (χ1v) is 6.91. The van der Waals surface area contributed by atoms with E-state index in [1.807, 2.05) is 10.9 Å². The maximum Gasteiger partial charge on any atom is 0.0521 e. The van der Waals surface area contributed by atoms with Gasteiger partial charge in [-0.25, -0.2) is 0 Å². The Bertz CT molecular complexity index is 345. The number of rotatable bonds is 4. The van der Waals surface area contributed by atoms with Crippen LogP contribution < -0.4 is 5.32 Å². The Hall–Kier alpha value is -0.830. The minimum atomic E-state index is 0.691. The van der Waals surface area contributed by atoms with Gasteiger partial charge in [0.2, 0.25) is 0 Å². The van der Waals surface area contributed by atoms with Gasteiger partial charge in [-0.2, -0.15) is 5.10 Å². The first kappa shape index (κ1) is 12.6. The summed E-state index contributed by atoms with van der Waals surface area (Å²) in [7, 11) is 2.10. The predicted molar refractivity (Wildman–Crippen MR) is 71.0 cm³/mol. The Kier molecular flexibility index (Phi) is 4.21. The summed E-state index contributed by atoms with van der Waals surface area (Å²) in [4.78, 5) is 0. The van der Waals surface area contributed by atoms with Crippen LogP contribution in [0.15, 0.2) is 12.4 Å². The van der Waals surface area contributed by atoms with Crippen molar-refractivity contribution >= 4 is 0 Å². The van der Waals surface area contributed by atoms with E-state index in [1.165, 1.54) is 31.2 Å². The van der Waals surface area contributed by atoms with E-state index in [4.69, 9.17) is 0 Å². The second-order valence-corrected chi connectivity index (χ2v) is 5.48. The van der Waals surface area contributed by atoms with Crippen molar-refractivity contribution in [2.24, 2.45) is 11.8 Å². The second-order valence-electron chi connectivity index (χ2n) is 5.48. The molecule has 1 aliphatic rings. The van der Waals surface area contributed by atoms with Gasteiger partial charge in [0.25, 0.3) is 0 Å². The van der Waals surface area contributed by atoms with Crippen LogP contribution in [0.1, 0.15) is 38.7 Å². The monoisotopic (exact) mass is 235 g/mol. The fourth-order valence-electron chi connectivity index (χ4n) is 3.09. The number of hydrogen-bond acceptors (Lipinski definition) is 2. The van der Waals surface area contributed by atoms with Gasteiger partial charge in [0.05, 0.1) is 6.20 Å². The molecule has 0 radical (unpaired) electrons. The summed E-state index contributed by atoms with van der Waals surface area (Å²) in [6.07, 6.45) is 9.46. The maximum absolute atomic E-state index is 4.37. The molecule has 0 aliphatic heterocycles. The number of hydrogen-bond donors (Lipinski definition) is 1. The maximum atomic E-state index is 4.37. The molecule has 3 heteroatoms. The zero-order chi connectivity index (χ0) is 12.3. The fourth-order valence-corrected chi connectivity index (χ4v) is 3.09. The number of aromatic nitrogens is 2. The quantitative estimate of drug-likeness (QED) is 0.869. The predicted octanol–water partition coefficient (Wildman–Crippen LogP) is 2.47. The lowest BCUT2D eigenvalue weighted by molar-refractivity contribution is 0.220. The summed E-state index contributed by atoms with van der Waals surface area (Å²) in [5.74, 6) is 1.66. The largest absolute Gasteiger partial charge is 0.317 e. The first-order valence-electron chi connectivity index (χ1n) is 6.91. The van der Waals surface area contributed by atoms with E-state index >= 15 is 0 Å². The van der Waals surface area contributed by atoms with Gasteiger partial charge in [0.1, 0.15) is 0 Å². The summed E-state index contributed by atoms with van der Waals surface area (Å²) in [6.45, 7) is 5.49. The van der Waals surface area contributed by atoms with Crippen LogP contribution in [0.3, 0.4) is 0 Å². The van der Waals surface area contributed by atoms with Crippen LogP contribution in [-0.4, -0.2) is 22.9 Å². The van der Waals surface area contributed by atoms with Crippen molar-refractivity contribution in [2.75, 3.05) is 7.05 Å². The van der Waals surface area contributed by atoms with Crippen LogP contribution in [0, 0.1) is 11.8 Å². The Morgan fingerprint density at radius 2 is 2.29 bits per heavy atom. The van der Waals surface area contributed by atoms with E-state index in [-0.39, 0.29) is 0 Å². The number of nitrogens with zero attached hydrogens (tertiary/aromatic N) is 2. The van der Waals surface area contributed by atoms with Gasteiger partial charge in [-0.3, -0.25) is 4.68 Å². The molecule has 1 aliphatic carbocycles. The van der Waals surface area contributed by atoms with E-state index < -0.39 is 0 Å². The molecule has 3 nitrogen and oxygen atoms in total. The Balaban J connectivity index is 1.99. The Labute approximate surface area is 105 Å². The average molecular weight is 235 g/mol. The number of nitrogens with one attached hydrogen (secondary N) is 1. The molecule has 0 bridgehead atoms. The lowest BCUT2D eigenvalue weighted by Gasteiger charge is -2.34. The molecule has 1 saturated carbocycles. The summed E-state index contributed by atoms with van der Waals surface area (Å²) in [5.41, 5.74) is 1.39. The van der Waals surface area contributed by atoms with Crippen molar-refractivity contribution in [1.82, 2.24) is 15.1 Å². The normalized spacial score (nSPS) is 29.5. The molecule has 3 unspecified atom stereocenters. The van der Waals surface area contributed by atoms with Crippen molar-refractivity contribution in [3.05, 3.63) is 18.0 Å². The third-order valence-electron chi connectivity index (χ3n) is 4.12. The topological polar surface area (TPSA) is 29.9 Å². The summed E-state index contributed by atoms with van der Waals surface area (Å²) in [6, 6.07) is 0.691. The van der Waals surface area contributed by atoms with E-state index in [9.17, 15) is 0 Å². The van der Waals surface area contributed by atoms with Gasteiger partial charge >= 0.3 is 0 Å². The van der Waals surface area contributed by atoms with E-state index in [2.05, 4.69) is 37.5 Å². The molecule has 96 valence electrons. The molecule has 0 saturated heterocycles. The average Bonchev–Trinajstić information content (AvgIpc) is 2.77. The van der Waals surface area contributed by atoms with Crippen LogP contribution in [-0.2, 0) is 13.0 Å². The molecule has 1 N–H and O–H groups in total. The van der Waals surface area contributed by atoms with E-state index in [1.54, 1.807) is 0 Å². The highest BCUT2D eigenvalue weighted by Gasteiger charge is 2.27. The standard InChI is InChI=1S/C14H25N3/c1-4-17-10-12(9-16-17)8-13-7-11(2)5-6-14(13)15-3/h9-11,13-15H,4-8H2,1-3H3. The summed E-state index contributed by atoms with van der Waals surface area (Å²) in [5, 5.41) is 7.85. The highest BCUT2D eigenvalue weighted by Crippen LogP contribution is 2.31. The fraction of sp³-hybridized carbons (Fsp3) is 0.786. The second kappa shape index (κ2) is 5.67. The molecule has 1 heterocycles. The molecule has 0 aromatic carbocycles. The zero-order valence-electron chi connectivity index (χ0n) is 11.3. The van der Waals surface area contributed by atoms with Crippen LogP contribution in [0.2, 0.25) is 0 Å². The molecule has 17 heavy (non-hydrogen) atoms. The minimum absolute atomic E-state index is 0.691. The summed E-state index contributed by atoms with van der Waals surface area (Å²) >= 11 is 0. The van der Waals surface area contributed by atoms with Crippen LogP contribution in [0.4, 0.5) is 0 Å². The molecule has 0 spiro atoms. The number of aryl methyl sites for hydroxylation is 1. The van der Waals surface area contributed by atoms with Crippen molar-refractivity contribution in [1.29, 1.82) is 0 Å². The van der Waals surface area contributed by atoms with Gasteiger partial charge in [-0.15, -0.1) is 0 Å². The highest BCUT2D eigenvalue weighted by atomic mass is 15.3. The molecule has 3 atom stereocenters. The van der Waals surface area contributed by atoms with Crippen molar-refractivity contribution in [3.63, 3.8) is 0 Å².